The van der Waals surface area contributed by atoms with Crippen molar-refractivity contribution in [1.82, 2.24) is 14.8 Å². The molecule has 0 unspecified atom stereocenters. The highest BCUT2D eigenvalue weighted by atomic mass is 16.2. The summed E-state index contributed by atoms with van der Waals surface area (Å²) in [5.41, 5.74) is 1.74. The number of aromatic nitrogens is 1. The zero-order valence-electron chi connectivity index (χ0n) is 14.2. The number of carbonyl (C=O) groups excluding carboxylic acids is 1. The van der Waals surface area contributed by atoms with Crippen molar-refractivity contribution in [2.24, 2.45) is 5.92 Å². The molecule has 1 aromatic carbocycles. The lowest BCUT2D eigenvalue weighted by Gasteiger charge is -2.34. The number of rotatable bonds is 5. The Morgan fingerprint density at radius 3 is 2.65 bits per heavy atom. The van der Waals surface area contributed by atoms with Gasteiger partial charge in [-0.15, -0.1) is 0 Å². The topological polar surface area (TPSA) is 39.3 Å². The van der Waals surface area contributed by atoms with E-state index in [9.17, 15) is 4.79 Å². The van der Waals surface area contributed by atoms with Gasteiger partial charge in [0.1, 0.15) is 5.69 Å². The van der Waals surface area contributed by atoms with Gasteiger partial charge in [-0.3, -0.25) is 4.79 Å². The number of hydrogen-bond acceptors (Lipinski definition) is 2. The second-order valence-electron chi connectivity index (χ2n) is 6.49. The molecule has 0 bridgehead atoms. The fraction of sp³-hybridized carbons (Fsp3) is 0.526. The molecule has 3 rings (SSSR count). The number of fused-ring (bicyclic) bond motifs is 1. The Hall–Kier alpha value is -1.81. The molecule has 4 nitrogen and oxygen atoms in total. The molecule has 1 saturated heterocycles. The maximum Gasteiger partial charge on any atom is 0.270 e. The Labute approximate surface area is 138 Å². The SMILES string of the molecule is CCN1CCC(CN(CC)C(=O)c2cc3ccccc3[nH]2)CC1. The molecule has 0 radical (unpaired) electrons. The van der Waals surface area contributed by atoms with Crippen molar-refractivity contribution in [1.29, 1.82) is 0 Å². The highest BCUT2D eigenvalue weighted by molar-refractivity contribution is 5.98. The summed E-state index contributed by atoms with van der Waals surface area (Å²) >= 11 is 0. The van der Waals surface area contributed by atoms with E-state index in [0.29, 0.717) is 11.6 Å². The number of H-pyrrole nitrogens is 1. The first-order chi connectivity index (χ1) is 11.2. The number of piperidine rings is 1. The second-order valence-corrected chi connectivity index (χ2v) is 6.49. The van der Waals surface area contributed by atoms with E-state index in [1.54, 1.807) is 0 Å². The van der Waals surface area contributed by atoms with Crippen LogP contribution in [0.4, 0.5) is 0 Å². The van der Waals surface area contributed by atoms with E-state index < -0.39 is 0 Å². The lowest BCUT2D eigenvalue weighted by Crippen LogP contribution is -2.40. The lowest BCUT2D eigenvalue weighted by atomic mass is 9.96. The van der Waals surface area contributed by atoms with Crippen LogP contribution in [0.5, 0.6) is 0 Å². The first-order valence-corrected chi connectivity index (χ1v) is 8.80. The third-order valence-corrected chi connectivity index (χ3v) is 5.06. The minimum absolute atomic E-state index is 0.127. The van der Waals surface area contributed by atoms with E-state index in [1.165, 1.54) is 25.9 Å². The van der Waals surface area contributed by atoms with Crippen LogP contribution in [0.2, 0.25) is 0 Å². The average molecular weight is 313 g/mol. The maximum atomic E-state index is 12.8. The Balaban J connectivity index is 1.66. The highest BCUT2D eigenvalue weighted by Crippen LogP contribution is 2.20. The van der Waals surface area contributed by atoms with Crippen LogP contribution in [0.1, 0.15) is 37.2 Å². The van der Waals surface area contributed by atoms with Crippen molar-refractivity contribution in [3.63, 3.8) is 0 Å². The smallest absolute Gasteiger partial charge is 0.270 e. The molecule has 0 spiro atoms. The molecule has 23 heavy (non-hydrogen) atoms. The first kappa shape index (κ1) is 16.1. The van der Waals surface area contributed by atoms with Crippen LogP contribution in [0.3, 0.4) is 0 Å². The van der Waals surface area contributed by atoms with Gasteiger partial charge in [-0.05, 0) is 57.5 Å². The van der Waals surface area contributed by atoms with Gasteiger partial charge in [0.05, 0.1) is 0 Å². The van der Waals surface area contributed by atoms with E-state index in [4.69, 9.17) is 0 Å². The highest BCUT2D eigenvalue weighted by Gasteiger charge is 2.23. The van der Waals surface area contributed by atoms with E-state index in [1.807, 2.05) is 35.2 Å². The van der Waals surface area contributed by atoms with Crippen molar-refractivity contribution >= 4 is 16.8 Å². The number of nitrogens with one attached hydrogen (secondary N) is 1. The van der Waals surface area contributed by atoms with E-state index in [0.717, 1.165) is 30.5 Å². The van der Waals surface area contributed by atoms with Crippen molar-refractivity contribution in [2.45, 2.75) is 26.7 Å². The minimum atomic E-state index is 0.127. The van der Waals surface area contributed by atoms with Crippen LogP contribution < -0.4 is 0 Å². The number of benzene rings is 1. The Morgan fingerprint density at radius 2 is 2.00 bits per heavy atom. The zero-order chi connectivity index (χ0) is 16.2. The molecule has 1 N–H and O–H groups in total. The molecule has 2 heterocycles. The standard InChI is InChI=1S/C19H27N3O/c1-3-21-11-9-15(10-12-21)14-22(4-2)19(23)18-13-16-7-5-6-8-17(16)20-18/h5-8,13,15,20H,3-4,9-12,14H2,1-2H3. The Bertz CT molecular complexity index is 622. The predicted molar refractivity (Wildman–Crippen MR) is 94.7 cm³/mol. The largest absolute Gasteiger partial charge is 0.351 e. The molecule has 2 aromatic rings. The average Bonchev–Trinajstić information content (AvgIpc) is 3.03. The van der Waals surface area contributed by atoms with Gasteiger partial charge < -0.3 is 14.8 Å². The molecule has 0 atom stereocenters. The van der Waals surface area contributed by atoms with Gasteiger partial charge in [0.15, 0.2) is 0 Å². The van der Waals surface area contributed by atoms with Gasteiger partial charge in [0.25, 0.3) is 5.91 Å². The van der Waals surface area contributed by atoms with Gasteiger partial charge >= 0.3 is 0 Å². The van der Waals surface area contributed by atoms with Crippen LogP contribution in [0.15, 0.2) is 30.3 Å². The van der Waals surface area contributed by atoms with Crippen LogP contribution in [-0.2, 0) is 0 Å². The van der Waals surface area contributed by atoms with Crippen molar-refractivity contribution in [3.05, 3.63) is 36.0 Å². The van der Waals surface area contributed by atoms with E-state index in [2.05, 4.69) is 23.7 Å². The van der Waals surface area contributed by atoms with Gasteiger partial charge in [0.2, 0.25) is 0 Å². The monoisotopic (exact) mass is 313 g/mol. The molecule has 1 amide bonds. The first-order valence-electron chi connectivity index (χ1n) is 8.80. The van der Waals surface area contributed by atoms with Crippen molar-refractivity contribution in [2.75, 3.05) is 32.7 Å². The summed E-state index contributed by atoms with van der Waals surface area (Å²) in [4.78, 5) is 20.6. The summed E-state index contributed by atoms with van der Waals surface area (Å²) in [5, 5.41) is 1.10. The fourth-order valence-electron chi connectivity index (χ4n) is 3.51. The minimum Gasteiger partial charge on any atom is -0.351 e. The molecule has 1 aliphatic rings. The summed E-state index contributed by atoms with van der Waals surface area (Å²) < 4.78 is 0. The van der Waals surface area contributed by atoms with Gasteiger partial charge in [-0.1, -0.05) is 25.1 Å². The quantitative estimate of drug-likeness (QED) is 0.919. The third kappa shape index (κ3) is 3.58. The molecule has 4 heteroatoms. The molecular weight excluding hydrogens is 286 g/mol. The number of carbonyl (C=O) groups is 1. The van der Waals surface area contributed by atoms with Crippen LogP contribution in [0, 0.1) is 5.92 Å². The number of para-hydroxylation sites is 1. The van der Waals surface area contributed by atoms with Gasteiger partial charge in [0, 0.05) is 24.0 Å². The van der Waals surface area contributed by atoms with Crippen molar-refractivity contribution in [3.8, 4) is 0 Å². The molecule has 1 aliphatic heterocycles. The maximum absolute atomic E-state index is 12.8. The molecule has 0 saturated carbocycles. The number of amides is 1. The number of hydrogen-bond donors (Lipinski definition) is 1. The third-order valence-electron chi connectivity index (χ3n) is 5.06. The van der Waals surface area contributed by atoms with Crippen LogP contribution >= 0.6 is 0 Å². The molecule has 0 aliphatic carbocycles. The summed E-state index contributed by atoms with van der Waals surface area (Å²) in [6, 6.07) is 10.0. The Kier molecular flexibility index (Phi) is 5.01. The van der Waals surface area contributed by atoms with E-state index >= 15 is 0 Å². The summed E-state index contributed by atoms with van der Waals surface area (Å²) in [5.74, 6) is 0.757. The Morgan fingerprint density at radius 1 is 1.26 bits per heavy atom. The van der Waals surface area contributed by atoms with Gasteiger partial charge in [-0.25, -0.2) is 0 Å². The lowest BCUT2D eigenvalue weighted by molar-refractivity contribution is 0.0698. The normalized spacial score (nSPS) is 16.8. The second kappa shape index (κ2) is 7.18. The van der Waals surface area contributed by atoms with Crippen LogP contribution in [-0.4, -0.2) is 53.4 Å². The molecule has 1 fully saturated rings. The summed E-state index contributed by atoms with van der Waals surface area (Å²) in [6.45, 7) is 9.40. The fourth-order valence-corrected chi connectivity index (χ4v) is 3.51. The number of likely N-dealkylation sites (tertiary alicyclic amines) is 1. The van der Waals surface area contributed by atoms with Crippen molar-refractivity contribution < 1.29 is 4.79 Å². The van der Waals surface area contributed by atoms with Crippen LogP contribution in [0.25, 0.3) is 10.9 Å². The number of aromatic amines is 1. The van der Waals surface area contributed by atoms with E-state index in [-0.39, 0.29) is 5.91 Å². The predicted octanol–water partition coefficient (Wildman–Crippen LogP) is 3.36. The van der Waals surface area contributed by atoms with Gasteiger partial charge in [-0.2, -0.15) is 0 Å². The molecule has 124 valence electrons. The summed E-state index contributed by atoms with van der Waals surface area (Å²) in [7, 11) is 0. The zero-order valence-corrected chi connectivity index (χ0v) is 14.2. The summed E-state index contributed by atoms with van der Waals surface area (Å²) in [6.07, 6.45) is 2.40. The molecular formula is C19H27N3O. The number of nitrogens with zero attached hydrogens (tertiary/aromatic N) is 2. The molecule has 1 aromatic heterocycles.